The molecule has 0 saturated carbocycles. The Morgan fingerprint density at radius 3 is 1.51 bits per heavy atom. The van der Waals surface area contributed by atoms with Crippen molar-refractivity contribution in [2.75, 3.05) is 0 Å². The Morgan fingerprint density at radius 2 is 0.906 bits per heavy atom. The first-order valence-electron chi connectivity index (χ1n) is 21.0. The fourth-order valence-corrected chi connectivity index (χ4v) is 10.3. The van der Waals surface area contributed by atoms with E-state index in [2.05, 4.69) is 148 Å². The van der Waals surface area contributed by atoms with E-state index >= 15 is 0 Å². The van der Waals surface area contributed by atoms with Gasteiger partial charge in [0.25, 0.3) is 0 Å². The quantitative estimate of drug-likeness (QED) is 0.0878. The Balaban J connectivity index is 1.24. The van der Waals surface area contributed by atoms with Crippen LogP contribution in [0, 0.1) is 13.8 Å². The van der Waals surface area contributed by atoms with Gasteiger partial charge in [0, 0.05) is 15.3 Å². The Morgan fingerprint density at radius 1 is 0.434 bits per heavy atom. The predicted octanol–water partition coefficient (Wildman–Crippen LogP) is 16.5. The summed E-state index contributed by atoms with van der Waals surface area (Å²) >= 11 is 3.74. The van der Waals surface area contributed by atoms with Crippen LogP contribution in [0.3, 0.4) is 0 Å². The van der Waals surface area contributed by atoms with E-state index in [9.17, 15) is 0 Å². The van der Waals surface area contributed by atoms with Crippen molar-refractivity contribution in [3.63, 3.8) is 0 Å². The number of hydrogen-bond donors (Lipinski definition) is 0. The molecule has 0 amide bonds. The molecule has 5 aromatic rings. The zero-order chi connectivity index (χ0) is 37.2. The minimum absolute atomic E-state index is 0.0821. The molecule has 53 heavy (non-hydrogen) atoms. The highest BCUT2D eigenvalue weighted by Gasteiger charge is 2.42. The summed E-state index contributed by atoms with van der Waals surface area (Å²) in [6.07, 6.45) is 18.7. The largest absolute Gasteiger partial charge is 0.0654 e. The molecule has 2 aliphatic rings. The minimum Gasteiger partial charge on any atom is -0.0654 e. The molecule has 7 rings (SSSR count). The van der Waals surface area contributed by atoms with Crippen LogP contribution in [0.4, 0.5) is 0 Å². The SMILES string of the molecule is CCCCCCCCC1(CCCCCCCC)c2ccccc2-c2ccc(-c3ccc4c(c3)C(C)(C)c3cc(-c5cc(C)c(Br)cc5C)ccc3-4)cc21. The maximum atomic E-state index is 3.74. The zero-order valence-corrected chi connectivity index (χ0v) is 35.0. The van der Waals surface area contributed by atoms with E-state index in [0.29, 0.717) is 0 Å². The van der Waals surface area contributed by atoms with Gasteiger partial charge in [0.1, 0.15) is 0 Å². The van der Waals surface area contributed by atoms with E-state index in [4.69, 9.17) is 0 Å². The van der Waals surface area contributed by atoms with Crippen molar-refractivity contribution in [2.24, 2.45) is 0 Å². The molecule has 0 heterocycles. The standard InChI is InChI=1S/C52H61Br/c1-7-9-11-13-15-19-29-52(30-20-16-14-12-10-8-2)46-22-18-17-21-41(46)44-27-24-39(34-49(44)52)38-23-26-42-43-28-25-40(35-48(43)51(5,6)47(42)33-38)45-31-37(4)50(53)32-36(45)3/h17-18,21-28,31-35H,7-16,19-20,29-30H2,1-6H3. The van der Waals surface area contributed by atoms with E-state index < -0.39 is 0 Å². The first kappa shape index (κ1) is 37.9. The maximum Gasteiger partial charge on any atom is 0.0215 e. The Bertz CT molecular complexity index is 2060. The molecule has 0 radical (unpaired) electrons. The highest BCUT2D eigenvalue weighted by molar-refractivity contribution is 9.10. The van der Waals surface area contributed by atoms with Crippen LogP contribution in [0.1, 0.15) is 151 Å². The average Bonchev–Trinajstić information content (AvgIpc) is 3.56. The molecule has 0 aromatic heterocycles. The van der Waals surface area contributed by atoms with Gasteiger partial charge in [-0.3, -0.25) is 0 Å². The smallest absolute Gasteiger partial charge is 0.0215 e. The summed E-state index contributed by atoms with van der Waals surface area (Å²) in [5, 5.41) is 0. The van der Waals surface area contributed by atoms with E-state index in [1.165, 1.54) is 161 Å². The molecule has 1 heteroatoms. The van der Waals surface area contributed by atoms with Gasteiger partial charge in [0.2, 0.25) is 0 Å². The van der Waals surface area contributed by atoms with Gasteiger partial charge in [-0.15, -0.1) is 0 Å². The lowest BCUT2D eigenvalue weighted by Crippen LogP contribution is -2.25. The molecule has 276 valence electrons. The van der Waals surface area contributed by atoms with Gasteiger partial charge in [-0.2, -0.15) is 0 Å². The first-order chi connectivity index (χ1) is 25.7. The van der Waals surface area contributed by atoms with Gasteiger partial charge in [0.05, 0.1) is 0 Å². The number of benzene rings is 5. The Labute approximate surface area is 330 Å². The van der Waals surface area contributed by atoms with E-state index in [-0.39, 0.29) is 10.8 Å². The maximum absolute atomic E-state index is 3.74. The van der Waals surface area contributed by atoms with Gasteiger partial charge < -0.3 is 0 Å². The minimum atomic E-state index is -0.0821. The van der Waals surface area contributed by atoms with Crippen LogP contribution in [0.15, 0.2) is 95.5 Å². The van der Waals surface area contributed by atoms with Crippen LogP contribution >= 0.6 is 15.9 Å². The molecule has 0 fully saturated rings. The Hall–Kier alpha value is -3.42. The van der Waals surface area contributed by atoms with Gasteiger partial charge in [0.15, 0.2) is 0 Å². The predicted molar refractivity (Wildman–Crippen MR) is 234 cm³/mol. The molecule has 0 saturated heterocycles. The summed E-state index contributed by atoms with van der Waals surface area (Å²) in [4.78, 5) is 0. The zero-order valence-electron chi connectivity index (χ0n) is 33.4. The van der Waals surface area contributed by atoms with Gasteiger partial charge >= 0.3 is 0 Å². The highest BCUT2D eigenvalue weighted by Crippen LogP contribution is 2.56. The average molecular weight is 766 g/mol. The summed E-state index contributed by atoms with van der Waals surface area (Å²) in [7, 11) is 0. The molecule has 0 unspecified atom stereocenters. The molecule has 0 spiro atoms. The van der Waals surface area contributed by atoms with E-state index in [1.807, 2.05) is 0 Å². The fourth-order valence-electron chi connectivity index (χ4n) is 9.89. The molecular formula is C52H61Br. The third kappa shape index (κ3) is 7.25. The highest BCUT2D eigenvalue weighted by atomic mass is 79.9. The van der Waals surface area contributed by atoms with Gasteiger partial charge in [-0.05, 0) is 129 Å². The molecule has 0 aliphatic heterocycles. The molecular weight excluding hydrogens is 704 g/mol. The second-order valence-corrected chi connectivity index (χ2v) is 17.8. The van der Waals surface area contributed by atoms with Crippen molar-refractivity contribution in [3.05, 3.63) is 129 Å². The van der Waals surface area contributed by atoms with Crippen LogP contribution in [0.5, 0.6) is 0 Å². The topological polar surface area (TPSA) is 0 Å². The van der Waals surface area contributed by atoms with E-state index in [0.717, 1.165) is 0 Å². The number of rotatable bonds is 16. The fraction of sp³-hybridized carbons (Fsp3) is 0.423. The van der Waals surface area contributed by atoms with Crippen molar-refractivity contribution in [1.29, 1.82) is 0 Å². The van der Waals surface area contributed by atoms with Crippen molar-refractivity contribution in [3.8, 4) is 44.5 Å². The van der Waals surface area contributed by atoms with Crippen molar-refractivity contribution < 1.29 is 0 Å². The lowest BCUT2D eigenvalue weighted by atomic mass is 9.70. The normalized spacial score (nSPS) is 14.5. The molecule has 5 aromatic carbocycles. The summed E-state index contributed by atoms with van der Waals surface area (Å²) in [6, 6.07) is 36.0. The third-order valence-electron chi connectivity index (χ3n) is 13.0. The van der Waals surface area contributed by atoms with Crippen LogP contribution in [-0.2, 0) is 10.8 Å². The lowest BCUT2D eigenvalue weighted by molar-refractivity contribution is 0.398. The summed E-state index contributed by atoms with van der Waals surface area (Å²) in [5.41, 5.74) is 19.7. The second-order valence-electron chi connectivity index (χ2n) is 17.0. The van der Waals surface area contributed by atoms with Crippen LogP contribution < -0.4 is 0 Å². The number of fused-ring (bicyclic) bond motifs is 6. The number of unbranched alkanes of at least 4 members (excludes halogenated alkanes) is 10. The monoisotopic (exact) mass is 764 g/mol. The number of aryl methyl sites for hydroxylation is 2. The van der Waals surface area contributed by atoms with Crippen LogP contribution in [0.25, 0.3) is 44.5 Å². The third-order valence-corrected chi connectivity index (χ3v) is 13.9. The number of halogens is 1. The van der Waals surface area contributed by atoms with Gasteiger partial charge in [-0.25, -0.2) is 0 Å². The van der Waals surface area contributed by atoms with Crippen molar-refractivity contribution >= 4 is 15.9 Å². The molecule has 0 N–H and O–H groups in total. The van der Waals surface area contributed by atoms with Crippen molar-refractivity contribution in [2.45, 2.75) is 142 Å². The van der Waals surface area contributed by atoms with Crippen LogP contribution in [-0.4, -0.2) is 0 Å². The second kappa shape index (κ2) is 16.1. The number of hydrogen-bond acceptors (Lipinski definition) is 0. The van der Waals surface area contributed by atoms with Crippen molar-refractivity contribution in [1.82, 2.24) is 0 Å². The first-order valence-corrected chi connectivity index (χ1v) is 21.8. The molecule has 2 aliphatic carbocycles. The van der Waals surface area contributed by atoms with E-state index in [1.54, 1.807) is 11.1 Å². The van der Waals surface area contributed by atoms with Crippen LogP contribution in [0.2, 0.25) is 0 Å². The summed E-state index contributed by atoms with van der Waals surface area (Å²) < 4.78 is 1.18. The Kier molecular flexibility index (Phi) is 11.5. The molecule has 0 nitrogen and oxygen atoms in total. The van der Waals surface area contributed by atoms with Gasteiger partial charge in [-0.1, -0.05) is 187 Å². The lowest BCUT2D eigenvalue weighted by Gasteiger charge is -2.33. The molecule has 0 atom stereocenters. The summed E-state index contributed by atoms with van der Waals surface area (Å²) in [5.74, 6) is 0. The summed E-state index contributed by atoms with van der Waals surface area (Å²) in [6.45, 7) is 13.9. The molecule has 0 bridgehead atoms.